The summed E-state index contributed by atoms with van der Waals surface area (Å²) < 4.78 is 1.46. The van der Waals surface area contributed by atoms with E-state index in [0.29, 0.717) is 10.9 Å². The van der Waals surface area contributed by atoms with Crippen molar-refractivity contribution in [3.05, 3.63) is 46.5 Å². The molecule has 1 atom stereocenters. The van der Waals surface area contributed by atoms with Gasteiger partial charge in [0.05, 0.1) is 0 Å². The second-order valence-electron chi connectivity index (χ2n) is 8.45. The highest BCUT2D eigenvalue weighted by molar-refractivity contribution is 7.20. The van der Waals surface area contributed by atoms with Crippen LogP contribution in [0.5, 0.6) is 0 Å². The minimum Gasteiger partial charge on any atom is -0.354 e. The Morgan fingerprint density at radius 2 is 2.00 bits per heavy atom. The Hall–Kier alpha value is -2.52. The Morgan fingerprint density at radius 3 is 2.77 bits per heavy atom. The van der Waals surface area contributed by atoms with Crippen LogP contribution in [0.3, 0.4) is 0 Å². The molecular weight excluding hydrogens is 410 g/mol. The predicted molar refractivity (Wildman–Crippen MR) is 124 cm³/mol. The fourth-order valence-corrected chi connectivity index (χ4v) is 5.57. The van der Waals surface area contributed by atoms with Gasteiger partial charge in [-0.3, -0.25) is 9.69 Å². The SMILES string of the molecule is CCc1cc(=O)n2nc(N3CCCC(CN4CCN(c5ccccn5)CC4)C3)sc2n1. The lowest BCUT2D eigenvalue weighted by molar-refractivity contribution is 0.205. The van der Waals surface area contributed by atoms with Gasteiger partial charge in [0.1, 0.15) is 5.82 Å². The van der Waals surface area contributed by atoms with E-state index in [0.717, 1.165) is 75.3 Å². The van der Waals surface area contributed by atoms with Crippen LogP contribution in [0.25, 0.3) is 4.96 Å². The van der Waals surface area contributed by atoms with Crippen molar-refractivity contribution >= 4 is 27.2 Å². The minimum absolute atomic E-state index is 0.0799. The third-order valence-electron chi connectivity index (χ3n) is 6.30. The lowest BCUT2D eigenvalue weighted by Crippen LogP contribution is -2.50. The monoisotopic (exact) mass is 439 g/mol. The van der Waals surface area contributed by atoms with Crippen LogP contribution in [-0.4, -0.2) is 70.3 Å². The summed E-state index contributed by atoms with van der Waals surface area (Å²) in [6.45, 7) is 9.34. The van der Waals surface area contributed by atoms with Gasteiger partial charge in [-0.2, -0.15) is 4.52 Å². The number of fused-ring (bicyclic) bond motifs is 1. The van der Waals surface area contributed by atoms with Gasteiger partial charge in [-0.25, -0.2) is 9.97 Å². The minimum atomic E-state index is -0.0799. The molecular formula is C22H29N7OS. The van der Waals surface area contributed by atoms with Crippen molar-refractivity contribution in [2.75, 3.05) is 55.6 Å². The van der Waals surface area contributed by atoms with E-state index < -0.39 is 0 Å². The maximum Gasteiger partial charge on any atom is 0.275 e. The molecule has 9 heteroatoms. The molecule has 8 nitrogen and oxygen atoms in total. The van der Waals surface area contributed by atoms with Crippen LogP contribution < -0.4 is 15.4 Å². The number of piperidine rings is 1. The average Bonchev–Trinajstić information content (AvgIpc) is 3.25. The summed E-state index contributed by atoms with van der Waals surface area (Å²) in [5.41, 5.74) is 0.755. The van der Waals surface area contributed by atoms with Gasteiger partial charge in [0.25, 0.3) is 5.56 Å². The molecule has 2 fully saturated rings. The van der Waals surface area contributed by atoms with E-state index in [1.165, 1.54) is 22.3 Å². The van der Waals surface area contributed by atoms with Crippen molar-refractivity contribution in [2.45, 2.75) is 26.2 Å². The Balaban J connectivity index is 1.21. The molecule has 1 unspecified atom stereocenters. The Kier molecular flexibility index (Phi) is 5.87. The van der Waals surface area contributed by atoms with Crippen molar-refractivity contribution < 1.29 is 0 Å². The summed E-state index contributed by atoms with van der Waals surface area (Å²) in [6.07, 6.45) is 5.04. The van der Waals surface area contributed by atoms with E-state index in [9.17, 15) is 4.79 Å². The summed E-state index contributed by atoms with van der Waals surface area (Å²) in [6, 6.07) is 7.71. The summed E-state index contributed by atoms with van der Waals surface area (Å²) in [4.78, 5) is 29.4. The Morgan fingerprint density at radius 1 is 1.13 bits per heavy atom. The van der Waals surface area contributed by atoms with Crippen molar-refractivity contribution in [1.82, 2.24) is 24.5 Å². The standard InChI is InChI=1S/C22H29N7OS/c1-2-18-14-20(30)29-21(24-18)31-22(25-29)28-9-5-6-17(16-28)15-26-10-12-27(13-11-26)19-7-3-4-8-23-19/h3-4,7-8,14,17H,2,5-6,9-13,15-16H2,1H3. The first-order valence-electron chi connectivity index (χ1n) is 11.2. The highest BCUT2D eigenvalue weighted by Crippen LogP contribution is 2.27. The van der Waals surface area contributed by atoms with E-state index >= 15 is 0 Å². The second-order valence-corrected chi connectivity index (χ2v) is 9.38. The number of pyridine rings is 1. The molecule has 0 saturated carbocycles. The molecule has 2 aliphatic rings. The highest BCUT2D eigenvalue weighted by atomic mass is 32.1. The molecule has 2 aliphatic heterocycles. The zero-order valence-electron chi connectivity index (χ0n) is 18.0. The maximum atomic E-state index is 12.3. The Labute approximate surface area is 186 Å². The molecule has 3 aromatic rings. The fourth-order valence-electron chi connectivity index (χ4n) is 4.61. The lowest BCUT2D eigenvalue weighted by atomic mass is 9.97. The van der Waals surface area contributed by atoms with Crippen LogP contribution in [0.1, 0.15) is 25.5 Å². The van der Waals surface area contributed by atoms with E-state index in [-0.39, 0.29) is 5.56 Å². The molecule has 31 heavy (non-hydrogen) atoms. The molecule has 5 heterocycles. The van der Waals surface area contributed by atoms with Crippen molar-refractivity contribution in [1.29, 1.82) is 0 Å². The molecule has 0 aromatic carbocycles. The van der Waals surface area contributed by atoms with Crippen molar-refractivity contribution in [2.24, 2.45) is 5.92 Å². The number of hydrogen-bond acceptors (Lipinski definition) is 8. The van der Waals surface area contributed by atoms with Gasteiger partial charge in [-0.05, 0) is 37.3 Å². The second kappa shape index (κ2) is 8.92. The highest BCUT2D eigenvalue weighted by Gasteiger charge is 2.26. The van der Waals surface area contributed by atoms with Crippen molar-refractivity contribution in [3.8, 4) is 0 Å². The zero-order valence-corrected chi connectivity index (χ0v) is 18.8. The average molecular weight is 440 g/mol. The van der Waals surface area contributed by atoms with Crippen LogP contribution in [0.4, 0.5) is 10.9 Å². The number of nitrogens with zero attached hydrogens (tertiary/aromatic N) is 7. The predicted octanol–water partition coefficient (Wildman–Crippen LogP) is 2.15. The van der Waals surface area contributed by atoms with Gasteiger partial charge in [0, 0.05) is 63.8 Å². The number of anilines is 2. The van der Waals surface area contributed by atoms with E-state index in [4.69, 9.17) is 0 Å². The topological polar surface area (TPSA) is 69.9 Å². The molecule has 164 valence electrons. The molecule has 0 N–H and O–H groups in total. The van der Waals surface area contributed by atoms with E-state index in [2.05, 4.69) is 41.9 Å². The van der Waals surface area contributed by atoms with Gasteiger partial charge in [-0.15, -0.1) is 5.10 Å². The third kappa shape index (κ3) is 4.43. The van der Waals surface area contributed by atoms with Gasteiger partial charge in [0.15, 0.2) is 0 Å². The van der Waals surface area contributed by atoms with Crippen LogP contribution in [0.15, 0.2) is 35.3 Å². The summed E-state index contributed by atoms with van der Waals surface area (Å²) >= 11 is 1.53. The molecule has 5 rings (SSSR count). The van der Waals surface area contributed by atoms with Gasteiger partial charge >= 0.3 is 0 Å². The molecule has 0 spiro atoms. The Bertz CT molecular complexity index is 1070. The molecule has 0 aliphatic carbocycles. The van der Waals surface area contributed by atoms with Crippen LogP contribution in [-0.2, 0) is 6.42 Å². The smallest absolute Gasteiger partial charge is 0.275 e. The summed E-state index contributed by atoms with van der Waals surface area (Å²) in [5.74, 6) is 1.70. The van der Waals surface area contributed by atoms with Gasteiger partial charge in [0.2, 0.25) is 10.1 Å². The van der Waals surface area contributed by atoms with Crippen LogP contribution in [0, 0.1) is 5.92 Å². The number of aryl methyl sites for hydroxylation is 1. The zero-order chi connectivity index (χ0) is 21.2. The van der Waals surface area contributed by atoms with E-state index in [1.54, 1.807) is 6.07 Å². The third-order valence-corrected chi connectivity index (χ3v) is 7.27. The molecule has 0 bridgehead atoms. The number of piperazine rings is 1. The summed E-state index contributed by atoms with van der Waals surface area (Å²) in [7, 11) is 0. The number of rotatable bonds is 5. The lowest BCUT2D eigenvalue weighted by Gasteiger charge is -2.39. The molecule has 0 amide bonds. The first kappa shape index (κ1) is 20.4. The van der Waals surface area contributed by atoms with E-state index in [1.807, 2.05) is 19.2 Å². The fraction of sp³-hybridized carbons (Fsp3) is 0.545. The molecule has 2 saturated heterocycles. The largest absolute Gasteiger partial charge is 0.354 e. The van der Waals surface area contributed by atoms with Crippen molar-refractivity contribution in [3.63, 3.8) is 0 Å². The number of hydrogen-bond donors (Lipinski definition) is 0. The normalized spacial score (nSPS) is 20.5. The quantitative estimate of drug-likeness (QED) is 0.603. The van der Waals surface area contributed by atoms with Gasteiger partial charge < -0.3 is 9.80 Å². The number of aromatic nitrogens is 4. The first-order valence-corrected chi connectivity index (χ1v) is 12.0. The molecule has 0 radical (unpaired) electrons. The van der Waals surface area contributed by atoms with Crippen LogP contribution >= 0.6 is 11.3 Å². The maximum absolute atomic E-state index is 12.3. The van der Waals surface area contributed by atoms with Crippen LogP contribution in [0.2, 0.25) is 0 Å². The first-order chi connectivity index (χ1) is 15.2. The molecule has 3 aromatic heterocycles. The summed E-state index contributed by atoms with van der Waals surface area (Å²) in [5, 5.41) is 5.51. The van der Waals surface area contributed by atoms with Gasteiger partial charge in [-0.1, -0.05) is 24.3 Å².